The van der Waals surface area contributed by atoms with Gasteiger partial charge in [0.15, 0.2) is 5.16 Å². The molecule has 0 atom stereocenters. The van der Waals surface area contributed by atoms with Gasteiger partial charge in [0.2, 0.25) is 5.91 Å². The summed E-state index contributed by atoms with van der Waals surface area (Å²) in [4.78, 5) is 32.1. The van der Waals surface area contributed by atoms with Gasteiger partial charge in [-0.05, 0) is 36.3 Å². The second kappa shape index (κ2) is 8.27. The zero-order valence-electron chi connectivity index (χ0n) is 15.9. The maximum atomic E-state index is 12.9. The fourth-order valence-electron chi connectivity index (χ4n) is 2.96. The van der Waals surface area contributed by atoms with E-state index in [4.69, 9.17) is 0 Å². The number of thioether (sulfide) groups is 1. The molecule has 1 aromatic carbocycles. The second-order valence-electron chi connectivity index (χ2n) is 6.57. The van der Waals surface area contributed by atoms with Crippen LogP contribution < -0.4 is 10.9 Å². The number of hydrogen-bond acceptors (Lipinski definition) is 5. The SMILES string of the molecule is CCc1cc2c(=O)n(CC(=O)Nc3ccccc3C(C)C)c(SC)nc2s1. The minimum absolute atomic E-state index is 0.0539. The lowest BCUT2D eigenvalue weighted by atomic mass is 10.0. The summed E-state index contributed by atoms with van der Waals surface area (Å²) in [6, 6.07) is 9.64. The van der Waals surface area contributed by atoms with Gasteiger partial charge in [0.05, 0.1) is 5.39 Å². The van der Waals surface area contributed by atoms with Crippen LogP contribution in [0.15, 0.2) is 40.3 Å². The third-order valence-corrected chi connectivity index (χ3v) is 6.21. The Morgan fingerprint density at radius 2 is 2.07 bits per heavy atom. The maximum Gasteiger partial charge on any atom is 0.263 e. The van der Waals surface area contributed by atoms with E-state index in [-0.39, 0.29) is 18.0 Å². The first kappa shape index (κ1) is 19.6. The van der Waals surface area contributed by atoms with Crippen LogP contribution in [0.3, 0.4) is 0 Å². The minimum atomic E-state index is -0.229. The van der Waals surface area contributed by atoms with Crippen LogP contribution in [-0.4, -0.2) is 21.7 Å². The fraction of sp³-hybridized carbons (Fsp3) is 0.350. The summed E-state index contributed by atoms with van der Waals surface area (Å²) in [5.74, 6) is 0.0647. The number of benzene rings is 1. The number of rotatable bonds is 6. The van der Waals surface area contributed by atoms with Crippen LogP contribution >= 0.6 is 23.1 Å². The van der Waals surface area contributed by atoms with Gasteiger partial charge in [-0.25, -0.2) is 4.98 Å². The molecular weight excluding hydrogens is 378 g/mol. The Hall–Kier alpha value is -2.12. The standard InChI is InChI=1S/C20H23N3O2S2/c1-5-13-10-15-18(27-13)22-20(26-4)23(19(15)25)11-17(24)21-16-9-7-6-8-14(16)12(2)3/h6-10,12H,5,11H2,1-4H3,(H,21,24). The van der Waals surface area contributed by atoms with Crippen molar-refractivity contribution in [3.05, 3.63) is 51.1 Å². The molecular formula is C20H23N3O2S2. The Bertz CT molecular complexity index is 1040. The summed E-state index contributed by atoms with van der Waals surface area (Å²) < 4.78 is 1.46. The molecule has 0 spiro atoms. The molecule has 0 aliphatic rings. The van der Waals surface area contributed by atoms with E-state index in [1.807, 2.05) is 36.6 Å². The number of aromatic nitrogens is 2. The number of para-hydroxylation sites is 1. The zero-order chi connectivity index (χ0) is 19.6. The van der Waals surface area contributed by atoms with Gasteiger partial charge in [0, 0.05) is 10.6 Å². The molecule has 0 aliphatic heterocycles. The van der Waals surface area contributed by atoms with Crippen molar-refractivity contribution in [1.29, 1.82) is 0 Å². The van der Waals surface area contributed by atoms with Crippen molar-refractivity contribution >= 4 is 44.9 Å². The van der Waals surface area contributed by atoms with Gasteiger partial charge < -0.3 is 5.32 Å². The summed E-state index contributed by atoms with van der Waals surface area (Å²) in [6.45, 7) is 6.17. The first-order valence-electron chi connectivity index (χ1n) is 8.90. The molecule has 0 unspecified atom stereocenters. The Kier molecular flexibility index (Phi) is 6.01. The third kappa shape index (κ3) is 4.09. The average Bonchev–Trinajstić information content (AvgIpc) is 3.07. The van der Waals surface area contributed by atoms with Crippen LogP contribution in [-0.2, 0) is 17.8 Å². The molecule has 3 rings (SSSR count). The van der Waals surface area contributed by atoms with Crippen LogP contribution in [0.5, 0.6) is 0 Å². The highest BCUT2D eigenvalue weighted by molar-refractivity contribution is 7.98. The monoisotopic (exact) mass is 401 g/mol. The fourth-order valence-corrected chi connectivity index (χ4v) is 4.53. The average molecular weight is 402 g/mol. The van der Waals surface area contributed by atoms with E-state index >= 15 is 0 Å². The number of anilines is 1. The highest BCUT2D eigenvalue weighted by atomic mass is 32.2. The van der Waals surface area contributed by atoms with Crippen molar-refractivity contribution in [1.82, 2.24) is 9.55 Å². The van der Waals surface area contributed by atoms with Crippen molar-refractivity contribution in [2.75, 3.05) is 11.6 Å². The van der Waals surface area contributed by atoms with Gasteiger partial charge in [-0.2, -0.15) is 0 Å². The van der Waals surface area contributed by atoms with Crippen molar-refractivity contribution in [3.8, 4) is 0 Å². The number of thiophene rings is 1. The maximum absolute atomic E-state index is 12.9. The van der Waals surface area contributed by atoms with E-state index in [1.54, 1.807) is 0 Å². The number of hydrogen-bond donors (Lipinski definition) is 1. The molecule has 0 bridgehead atoms. The molecule has 1 N–H and O–H groups in total. The molecule has 1 amide bonds. The number of fused-ring (bicyclic) bond motifs is 1. The number of amides is 1. The van der Waals surface area contributed by atoms with Gasteiger partial charge >= 0.3 is 0 Å². The normalized spacial score (nSPS) is 11.3. The van der Waals surface area contributed by atoms with Crippen LogP contribution in [0.1, 0.15) is 37.1 Å². The zero-order valence-corrected chi connectivity index (χ0v) is 17.5. The van der Waals surface area contributed by atoms with Crippen molar-refractivity contribution < 1.29 is 4.79 Å². The molecule has 3 aromatic rings. The Balaban J connectivity index is 1.93. The molecule has 2 aromatic heterocycles. The van der Waals surface area contributed by atoms with Crippen molar-refractivity contribution in [2.45, 2.75) is 44.8 Å². The predicted molar refractivity (Wildman–Crippen MR) is 114 cm³/mol. The lowest BCUT2D eigenvalue weighted by Crippen LogP contribution is -2.29. The van der Waals surface area contributed by atoms with Gasteiger partial charge in [0.1, 0.15) is 11.4 Å². The van der Waals surface area contributed by atoms with Gasteiger partial charge in [-0.3, -0.25) is 14.2 Å². The first-order chi connectivity index (χ1) is 12.9. The van der Waals surface area contributed by atoms with Crippen molar-refractivity contribution in [3.63, 3.8) is 0 Å². The summed E-state index contributed by atoms with van der Waals surface area (Å²) in [5, 5.41) is 4.10. The molecule has 0 fully saturated rings. The number of nitrogens with zero attached hydrogens (tertiary/aromatic N) is 2. The lowest BCUT2D eigenvalue weighted by Gasteiger charge is -2.15. The van der Waals surface area contributed by atoms with Gasteiger partial charge in [-0.15, -0.1) is 11.3 Å². The largest absolute Gasteiger partial charge is 0.324 e. The summed E-state index contributed by atoms with van der Waals surface area (Å²) in [7, 11) is 0. The highest BCUT2D eigenvalue weighted by Crippen LogP contribution is 2.25. The van der Waals surface area contributed by atoms with Crippen LogP contribution in [0.4, 0.5) is 5.69 Å². The Morgan fingerprint density at radius 3 is 2.74 bits per heavy atom. The molecule has 0 radical (unpaired) electrons. The van der Waals surface area contributed by atoms with E-state index in [0.29, 0.717) is 16.5 Å². The Morgan fingerprint density at radius 1 is 1.33 bits per heavy atom. The van der Waals surface area contributed by atoms with Crippen molar-refractivity contribution in [2.24, 2.45) is 0 Å². The predicted octanol–water partition coefficient (Wildman–Crippen LogP) is 4.50. The molecule has 142 valence electrons. The second-order valence-corrected chi connectivity index (χ2v) is 8.45. The number of nitrogens with one attached hydrogen (secondary N) is 1. The van der Waals surface area contributed by atoms with E-state index in [1.165, 1.54) is 27.7 Å². The molecule has 2 heterocycles. The van der Waals surface area contributed by atoms with Crippen LogP contribution in [0.2, 0.25) is 0 Å². The van der Waals surface area contributed by atoms with Crippen LogP contribution in [0.25, 0.3) is 10.2 Å². The topological polar surface area (TPSA) is 64.0 Å². The van der Waals surface area contributed by atoms with E-state index in [9.17, 15) is 9.59 Å². The number of aryl methyl sites for hydroxylation is 1. The molecule has 7 heteroatoms. The molecule has 5 nitrogen and oxygen atoms in total. The first-order valence-corrected chi connectivity index (χ1v) is 10.9. The van der Waals surface area contributed by atoms with E-state index in [0.717, 1.165) is 27.4 Å². The van der Waals surface area contributed by atoms with Gasteiger partial charge in [0.25, 0.3) is 5.56 Å². The smallest absolute Gasteiger partial charge is 0.263 e. The summed E-state index contributed by atoms with van der Waals surface area (Å²) in [5.41, 5.74) is 1.70. The third-order valence-electron chi connectivity index (χ3n) is 4.36. The highest BCUT2D eigenvalue weighted by Gasteiger charge is 2.16. The number of carbonyl (C=O) groups is 1. The van der Waals surface area contributed by atoms with Crippen LogP contribution in [0, 0.1) is 0 Å². The molecule has 0 saturated carbocycles. The summed E-state index contributed by atoms with van der Waals surface area (Å²) in [6.07, 6.45) is 2.73. The lowest BCUT2D eigenvalue weighted by molar-refractivity contribution is -0.116. The molecule has 27 heavy (non-hydrogen) atoms. The minimum Gasteiger partial charge on any atom is -0.324 e. The van der Waals surface area contributed by atoms with E-state index < -0.39 is 0 Å². The number of carbonyl (C=O) groups excluding carboxylic acids is 1. The summed E-state index contributed by atoms with van der Waals surface area (Å²) >= 11 is 2.91. The Labute approximate surface area is 166 Å². The molecule has 0 aliphatic carbocycles. The quantitative estimate of drug-likeness (QED) is 0.488. The van der Waals surface area contributed by atoms with Gasteiger partial charge in [-0.1, -0.05) is 50.7 Å². The van der Waals surface area contributed by atoms with E-state index in [2.05, 4.69) is 31.1 Å². The molecule has 0 saturated heterocycles.